The van der Waals surface area contributed by atoms with Crippen molar-refractivity contribution in [2.45, 2.75) is 37.4 Å². The van der Waals surface area contributed by atoms with Crippen LogP contribution in [0.4, 0.5) is 0 Å². The Hall–Kier alpha value is -3.64. The molecule has 1 saturated carbocycles. The Bertz CT molecular complexity index is 1280. The first-order valence-electron chi connectivity index (χ1n) is 13.2. The van der Waals surface area contributed by atoms with Crippen LogP contribution in [0.2, 0.25) is 0 Å². The molecular formula is C31H33N3O3. The first kappa shape index (κ1) is 23.7. The topological polar surface area (TPSA) is 53.1 Å². The van der Waals surface area contributed by atoms with Crippen LogP contribution >= 0.6 is 0 Å². The zero-order valence-corrected chi connectivity index (χ0v) is 21.3. The van der Waals surface area contributed by atoms with E-state index in [2.05, 4.69) is 29.2 Å². The van der Waals surface area contributed by atoms with Gasteiger partial charge in [0.25, 0.3) is 5.91 Å². The number of nitrogens with zero attached hydrogens (tertiary/aromatic N) is 3. The van der Waals surface area contributed by atoms with Gasteiger partial charge in [0.05, 0.1) is 19.1 Å². The van der Waals surface area contributed by atoms with E-state index in [9.17, 15) is 9.59 Å². The fraction of sp³-hybridized carbons (Fsp3) is 0.355. The summed E-state index contributed by atoms with van der Waals surface area (Å²) in [6, 6.07) is 25.9. The molecule has 37 heavy (non-hydrogen) atoms. The van der Waals surface area contributed by atoms with Gasteiger partial charge in [0.15, 0.2) is 0 Å². The lowest BCUT2D eigenvalue weighted by Crippen LogP contribution is -2.53. The first-order chi connectivity index (χ1) is 18.1. The van der Waals surface area contributed by atoms with Gasteiger partial charge in [-0.3, -0.25) is 14.5 Å². The maximum atomic E-state index is 14.4. The quantitative estimate of drug-likeness (QED) is 0.506. The van der Waals surface area contributed by atoms with Gasteiger partial charge < -0.3 is 14.5 Å². The van der Waals surface area contributed by atoms with Crippen LogP contribution in [0.5, 0.6) is 5.75 Å². The highest BCUT2D eigenvalue weighted by Crippen LogP contribution is 2.48. The third-order valence-corrected chi connectivity index (χ3v) is 7.95. The summed E-state index contributed by atoms with van der Waals surface area (Å²) in [4.78, 5) is 34.5. The van der Waals surface area contributed by atoms with Crippen molar-refractivity contribution in [3.63, 3.8) is 0 Å². The number of carbonyl (C=O) groups excluding carboxylic acids is 2. The van der Waals surface area contributed by atoms with Crippen molar-refractivity contribution in [3.8, 4) is 5.75 Å². The zero-order chi connectivity index (χ0) is 25.4. The number of piperazine rings is 1. The molecule has 0 unspecified atom stereocenters. The SMILES string of the molecule is COc1cccc([C@@H]2[C@H](C(=O)N3CCN(Cc4ccccc4)CC3)c3ccccc3C(=O)N2C2CC2)c1. The number of hydrogen-bond donors (Lipinski definition) is 0. The van der Waals surface area contributed by atoms with Crippen molar-refractivity contribution >= 4 is 11.8 Å². The van der Waals surface area contributed by atoms with E-state index < -0.39 is 5.92 Å². The minimum absolute atomic E-state index is 0.0302. The largest absolute Gasteiger partial charge is 0.497 e. The van der Waals surface area contributed by atoms with Crippen molar-refractivity contribution in [1.29, 1.82) is 0 Å². The second kappa shape index (κ2) is 10.0. The van der Waals surface area contributed by atoms with E-state index >= 15 is 0 Å². The molecule has 0 aromatic heterocycles. The Morgan fingerprint density at radius 1 is 0.892 bits per heavy atom. The number of benzene rings is 3. The van der Waals surface area contributed by atoms with Gasteiger partial charge in [0.1, 0.15) is 5.75 Å². The third-order valence-electron chi connectivity index (χ3n) is 7.95. The molecule has 2 fully saturated rings. The molecule has 3 aromatic carbocycles. The molecule has 2 amide bonds. The molecule has 2 atom stereocenters. The Morgan fingerprint density at radius 2 is 1.62 bits per heavy atom. The molecule has 0 radical (unpaired) electrons. The summed E-state index contributed by atoms with van der Waals surface area (Å²) >= 11 is 0. The summed E-state index contributed by atoms with van der Waals surface area (Å²) in [5, 5.41) is 0. The van der Waals surface area contributed by atoms with Gasteiger partial charge in [-0.25, -0.2) is 0 Å². The van der Waals surface area contributed by atoms with Gasteiger partial charge in [-0.2, -0.15) is 0 Å². The highest BCUT2D eigenvalue weighted by atomic mass is 16.5. The van der Waals surface area contributed by atoms with Crippen LogP contribution in [0.15, 0.2) is 78.9 Å². The van der Waals surface area contributed by atoms with Crippen LogP contribution in [0.3, 0.4) is 0 Å². The maximum absolute atomic E-state index is 14.4. The second-order valence-electron chi connectivity index (χ2n) is 10.3. The van der Waals surface area contributed by atoms with Crippen molar-refractivity contribution in [2.24, 2.45) is 0 Å². The second-order valence-corrected chi connectivity index (χ2v) is 10.3. The standard InChI is InChI=1S/C31H33N3O3/c1-37-25-11-7-10-23(20-25)29-28(26-12-5-6-13-27(26)30(35)34(29)24-14-15-24)31(36)33-18-16-32(17-19-33)21-22-8-3-2-4-9-22/h2-13,20,24,28-29H,14-19,21H2,1H3/t28-,29-/m1/s1. The zero-order valence-electron chi connectivity index (χ0n) is 21.3. The fourth-order valence-corrected chi connectivity index (χ4v) is 5.92. The van der Waals surface area contributed by atoms with E-state index in [4.69, 9.17) is 4.74 Å². The van der Waals surface area contributed by atoms with Gasteiger partial charge in [-0.05, 0) is 47.7 Å². The van der Waals surface area contributed by atoms with Crippen molar-refractivity contribution in [3.05, 3.63) is 101 Å². The highest BCUT2D eigenvalue weighted by molar-refractivity contribution is 6.01. The summed E-state index contributed by atoms with van der Waals surface area (Å²) in [7, 11) is 1.65. The van der Waals surface area contributed by atoms with Crippen LogP contribution in [-0.4, -0.2) is 65.8 Å². The smallest absolute Gasteiger partial charge is 0.254 e. The minimum atomic E-state index is -0.442. The number of methoxy groups -OCH3 is 1. The molecule has 190 valence electrons. The Labute approximate surface area is 218 Å². The molecule has 3 aromatic rings. The van der Waals surface area contributed by atoms with E-state index in [0.29, 0.717) is 18.7 Å². The lowest BCUT2D eigenvalue weighted by molar-refractivity contribution is -0.136. The summed E-state index contributed by atoms with van der Waals surface area (Å²) in [6.07, 6.45) is 1.96. The minimum Gasteiger partial charge on any atom is -0.497 e. The molecule has 2 heterocycles. The lowest BCUT2D eigenvalue weighted by Gasteiger charge is -2.45. The molecule has 1 aliphatic carbocycles. The summed E-state index contributed by atoms with van der Waals surface area (Å²) < 4.78 is 5.52. The first-order valence-corrected chi connectivity index (χ1v) is 13.2. The van der Waals surface area contributed by atoms with Crippen molar-refractivity contribution in [2.75, 3.05) is 33.3 Å². The monoisotopic (exact) mass is 495 g/mol. The van der Waals surface area contributed by atoms with E-state index in [1.807, 2.05) is 64.4 Å². The van der Waals surface area contributed by atoms with Gasteiger partial charge in [0, 0.05) is 44.3 Å². The van der Waals surface area contributed by atoms with E-state index in [1.165, 1.54) is 5.56 Å². The molecule has 6 nitrogen and oxygen atoms in total. The molecule has 6 heteroatoms. The predicted octanol–water partition coefficient (Wildman–Crippen LogP) is 4.48. The molecule has 6 rings (SSSR count). The van der Waals surface area contributed by atoms with Crippen molar-refractivity contribution < 1.29 is 14.3 Å². The normalized spacial score (nSPS) is 22.0. The highest BCUT2D eigenvalue weighted by Gasteiger charge is 2.50. The average Bonchev–Trinajstić information content (AvgIpc) is 3.79. The van der Waals surface area contributed by atoms with Gasteiger partial charge in [-0.15, -0.1) is 0 Å². The van der Waals surface area contributed by atoms with E-state index in [-0.39, 0.29) is 23.9 Å². The van der Waals surface area contributed by atoms with Crippen LogP contribution < -0.4 is 4.74 Å². The summed E-state index contributed by atoms with van der Waals surface area (Å²) in [6.45, 7) is 3.94. The predicted molar refractivity (Wildman–Crippen MR) is 142 cm³/mol. The summed E-state index contributed by atoms with van der Waals surface area (Å²) in [5.41, 5.74) is 3.75. The number of carbonyl (C=O) groups is 2. The molecular weight excluding hydrogens is 462 g/mol. The number of fused-ring (bicyclic) bond motifs is 1. The molecule has 0 spiro atoms. The number of rotatable bonds is 6. The molecule has 0 bridgehead atoms. The molecule has 2 aliphatic heterocycles. The average molecular weight is 496 g/mol. The van der Waals surface area contributed by atoms with E-state index in [1.54, 1.807) is 7.11 Å². The van der Waals surface area contributed by atoms with Crippen molar-refractivity contribution in [1.82, 2.24) is 14.7 Å². The Balaban J connectivity index is 1.32. The lowest BCUT2D eigenvalue weighted by atomic mass is 9.78. The Kier molecular flexibility index (Phi) is 6.43. The Morgan fingerprint density at radius 3 is 2.35 bits per heavy atom. The number of ether oxygens (including phenoxy) is 1. The number of hydrogen-bond acceptors (Lipinski definition) is 4. The molecule has 0 N–H and O–H groups in total. The van der Waals surface area contributed by atoms with Gasteiger partial charge >= 0.3 is 0 Å². The molecule has 3 aliphatic rings. The number of amides is 2. The maximum Gasteiger partial charge on any atom is 0.254 e. The van der Waals surface area contributed by atoms with Gasteiger partial charge in [0.2, 0.25) is 5.91 Å². The van der Waals surface area contributed by atoms with Crippen LogP contribution in [0.1, 0.15) is 51.8 Å². The van der Waals surface area contributed by atoms with Crippen LogP contribution in [0.25, 0.3) is 0 Å². The fourth-order valence-electron chi connectivity index (χ4n) is 5.92. The molecule has 1 saturated heterocycles. The van der Waals surface area contributed by atoms with Crippen LogP contribution in [0, 0.1) is 0 Å². The van der Waals surface area contributed by atoms with E-state index in [0.717, 1.165) is 49.4 Å². The van der Waals surface area contributed by atoms with Gasteiger partial charge in [-0.1, -0.05) is 60.7 Å². The van der Waals surface area contributed by atoms with Crippen LogP contribution in [-0.2, 0) is 11.3 Å². The summed E-state index contributed by atoms with van der Waals surface area (Å²) in [5.74, 6) is 0.433. The third kappa shape index (κ3) is 4.62.